The van der Waals surface area contributed by atoms with Gasteiger partial charge in [0.15, 0.2) is 9.84 Å². The second-order valence-corrected chi connectivity index (χ2v) is 6.22. The van der Waals surface area contributed by atoms with E-state index in [9.17, 15) is 8.42 Å². The van der Waals surface area contributed by atoms with Gasteiger partial charge in [-0.25, -0.2) is 8.42 Å². The summed E-state index contributed by atoms with van der Waals surface area (Å²) >= 11 is 0. The number of nitrogens with two attached hydrogens (primary N) is 1. The molecule has 6 heteroatoms. The van der Waals surface area contributed by atoms with Crippen molar-refractivity contribution >= 4 is 21.2 Å². The number of anilines is 2. The summed E-state index contributed by atoms with van der Waals surface area (Å²) in [6, 6.07) is 5.08. The fourth-order valence-electron chi connectivity index (χ4n) is 1.90. The lowest BCUT2D eigenvalue weighted by molar-refractivity contribution is 0.154. The Labute approximate surface area is 115 Å². The zero-order chi connectivity index (χ0) is 14.5. The molecule has 0 saturated heterocycles. The molecule has 0 radical (unpaired) electrons. The molecule has 0 saturated carbocycles. The molecule has 0 atom stereocenters. The van der Waals surface area contributed by atoms with Crippen molar-refractivity contribution < 1.29 is 13.2 Å². The minimum absolute atomic E-state index is 0.180. The molecule has 1 aromatic carbocycles. The molecule has 0 amide bonds. The van der Waals surface area contributed by atoms with E-state index in [0.29, 0.717) is 25.4 Å². The van der Waals surface area contributed by atoms with Crippen molar-refractivity contribution in [2.75, 3.05) is 43.2 Å². The number of nitrogen functional groups attached to an aromatic ring is 1. The Bertz CT molecular complexity index is 515. The number of hydrogen-bond donors (Lipinski definition) is 1. The number of rotatable bonds is 7. The van der Waals surface area contributed by atoms with Gasteiger partial charge in [0.1, 0.15) is 0 Å². The maximum absolute atomic E-state index is 11.7. The van der Waals surface area contributed by atoms with E-state index >= 15 is 0 Å². The largest absolute Gasteiger partial charge is 0.396 e. The SMILES string of the molecule is CCOCCN(CC)c1cccc(S(C)(=O)=O)c1N. The van der Waals surface area contributed by atoms with Gasteiger partial charge in [0.2, 0.25) is 0 Å². The van der Waals surface area contributed by atoms with Gasteiger partial charge in [-0.15, -0.1) is 0 Å². The molecule has 5 nitrogen and oxygen atoms in total. The van der Waals surface area contributed by atoms with E-state index in [1.54, 1.807) is 6.07 Å². The highest BCUT2D eigenvalue weighted by Crippen LogP contribution is 2.29. The molecule has 0 fully saturated rings. The van der Waals surface area contributed by atoms with Gasteiger partial charge in [0.05, 0.1) is 22.9 Å². The molecule has 0 aliphatic heterocycles. The molecule has 0 unspecified atom stereocenters. The third-order valence-electron chi connectivity index (χ3n) is 2.87. The van der Waals surface area contributed by atoms with Gasteiger partial charge in [-0.2, -0.15) is 0 Å². The maximum Gasteiger partial charge on any atom is 0.177 e. The molecular weight excluding hydrogens is 264 g/mol. The number of para-hydroxylation sites is 1. The quantitative estimate of drug-likeness (QED) is 0.608. The Morgan fingerprint density at radius 2 is 2.00 bits per heavy atom. The highest BCUT2D eigenvalue weighted by atomic mass is 32.2. The summed E-state index contributed by atoms with van der Waals surface area (Å²) < 4.78 is 28.6. The number of hydrogen-bond acceptors (Lipinski definition) is 5. The van der Waals surface area contributed by atoms with Crippen molar-refractivity contribution in [2.24, 2.45) is 0 Å². The van der Waals surface area contributed by atoms with E-state index in [1.807, 2.05) is 24.8 Å². The van der Waals surface area contributed by atoms with Gasteiger partial charge in [-0.05, 0) is 26.0 Å². The molecule has 0 heterocycles. The summed E-state index contributed by atoms with van der Waals surface area (Å²) in [6.07, 6.45) is 1.17. The summed E-state index contributed by atoms with van der Waals surface area (Å²) in [5, 5.41) is 0. The molecule has 0 aliphatic carbocycles. The van der Waals surface area contributed by atoms with E-state index in [2.05, 4.69) is 0 Å². The van der Waals surface area contributed by atoms with Crippen LogP contribution < -0.4 is 10.6 Å². The number of nitrogens with zero attached hydrogens (tertiary/aromatic N) is 1. The second-order valence-electron chi connectivity index (χ2n) is 4.24. The van der Waals surface area contributed by atoms with E-state index < -0.39 is 9.84 Å². The normalized spacial score (nSPS) is 11.5. The standard InChI is InChI=1S/C13H22N2O3S/c1-4-15(9-10-18-5-2)11-7-6-8-12(13(11)14)19(3,16)17/h6-8H,4-5,9-10,14H2,1-3H3. The van der Waals surface area contributed by atoms with Crippen LogP contribution >= 0.6 is 0 Å². The molecular formula is C13H22N2O3S. The summed E-state index contributed by atoms with van der Waals surface area (Å²) in [4.78, 5) is 2.19. The molecule has 2 N–H and O–H groups in total. The van der Waals surface area contributed by atoms with Crippen LogP contribution in [-0.2, 0) is 14.6 Å². The molecule has 0 aromatic heterocycles. The Morgan fingerprint density at radius 3 is 2.53 bits per heavy atom. The first-order valence-corrected chi connectivity index (χ1v) is 8.22. The van der Waals surface area contributed by atoms with Crippen molar-refractivity contribution in [3.63, 3.8) is 0 Å². The van der Waals surface area contributed by atoms with Gasteiger partial charge in [0.25, 0.3) is 0 Å². The van der Waals surface area contributed by atoms with Crippen LogP contribution in [0.1, 0.15) is 13.8 Å². The molecule has 108 valence electrons. The molecule has 0 bridgehead atoms. The summed E-state index contributed by atoms with van der Waals surface area (Å²) in [7, 11) is -3.31. The average Bonchev–Trinajstić information content (AvgIpc) is 2.34. The Balaban J connectivity index is 3.05. The fourth-order valence-corrected chi connectivity index (χ4v) is 2.73. The minimum Gasteiger partial charge on any atom is -0.396 e. The monoisotopic (exact) mass is 286 g/mol. The van der Waals surface area contributed by atoms with Gasteiger partial charge in [-0.3, -0.25) is 0 Å². The Morgan fingerprint density at radius 1 is 1.32 bits per heavy atom. The number of likely N-dealkylation sites (N-methyl/N-ethyl adjacent to an activating group) is 1. The Hall–Kier alpha value is -1.27. The van der Waals surface area contributed by atoms with Gasteiger partial charge >= 0.3 is 0 Å². The van der Waals surface area contributed by atoms with Gasteiger partial charge < -0.3 is 15.4 Å². The first-order valence-electron chi connectivity index (χ1n) is 6.33. The van der Waals surface area contributed by atoms with Crippen LogP contribution in [0.4, 0.5) is 11.4 Å². The lowest BCUT2D eigenvalue weighted by Gasteiger charge is -2.25. The first kappa shape index (κ1) is 15.8. The van der Waals surface area contributed by atoms with E-state index in [-0.39, 0.29) is 4.90 Å². The number of sulfone groups is 1. The van der Waals surface area contributed by atoms with Gasteiger partial charge in [-0.1, -0.05) is 6.07 Å². The number of benzene rings is 1. The summed E-state index contributed by atoms with van der Waals surface area (Å²) in [5.74, 6) is 0. The van der Waals surface area contributed by atoms with Crippen LogP contribution in [-0.4, -0.2) is 41.0 Å². The van der Waals surface area contributed by atoms with Crippen molar-refractivity contribution in [2.45, 2.75) is 18.7 Å². The number of ether oxygens (including phenoxy) is 1. The van der Waals surface area contributed by atoms with Crippen LogP contribution in [0.15, 0.2) is 23.1 Å². The second kappa shape index (κ2) is 6.77. The lowest BCUT2D eigenvalue weighted by atomic mass is 10.2. The van der Waals surface area contributed by atoms with Crippen molar-refractivity contribution in [3.05, 3.63) is 18.2 Å². The van der Waals surface area contributed by atoms with Crippen molar-refractivity contribution in [3.8, 4) is 0 Å². The summed E-state index contributed by atoms with van der Waals surface area (Å²) in [6.45, 7) is 6.61. The van der Waals surface area contributed by atoms with Crippen LogP contribution in [0.3, 0.4) is 0 Å². The zero-order valence-electron chi connectivity index (χ0n) is 11.7. The maximum atomic E-state index is 11.7. The first-order chi connectivity index (χ1) is 8.91. The molecule has 1 aromatic rings. The van der Waals surface area contributed by atoms with E-state index in [1.165, 1.54) is 12.3 Å². The minimum atomic E-state index is -3.31. The summed E-state index contributed by atoms with van der Waals surface area (Å²) in [5.41, 5.74) is 7.04. The Kier molecular flexibility index (Phi) is 5.62. The lowest BCUT2D eigenvalue weighted by Crippen LogP contribution is -2.28. The smallest absolute Gasteiger partial charge is 0.177 e. The van der Waals surface area contributed by atoms with Crippen LogP contribution in [0, 0.1) is 0 Å². The highest BCUT2D eigenvalue weighted by molar-refractivity contribution is 7.90. The predicted molar refractivity (Wildman–Crippen MR) is 78.3 cm³/mol. The predicted octanol–water partition coefficient (Wildman–Crippen LogP) is 1.54. The third kappa shape index (κ3) is 4.11. The van der Waals surface area contributed by atoms with Crippen LogP contribution in [0.5, 0.6) is 0 Å². The van der Waals surface area contributed by atoms with E-state index in [0.717, 1.165) is 12.2 Å². The van der Waals surface area contributed by atoms with Crippen molar-refractivity contribution in [1.29, 1.82) is 0 Å². The van der Waals surface area contributed by atoms with Crippen LogP contribution in [0.2, 0.25) is 0 Å². The average molecular weight is 286 g/mol. The third-order valence-corrected chi connectivity index (χ3v) is 4.03. The van der Waals surface area contributed by atoms with Crippen LogP contribution in [0.25, 0.3) is 0 Å². The zero-order valence-corrected chi connectivity index (χ0v) is 12.5. The highest BCUT2D eigenvalue weighted by Gasteiger charge is 2.16. The fraction of sp³-hybridized carbons (Fsp3) is 0.538. The molecule has 0 spiro atoms. The molecule has 0 aliphatic rings. The molecule has 1 rings (SSSR count). The topological polar surface area (TPSA) is 72.6 Å². The van der Waals surface area contributed by atoms with Crippen molar-refractivity contribution in [1.82, 2.24) is 0 Å². The van der Waals surface area contributed by atoms with Gasteiger partial charge in [0, 0.05) is 26.0 Å². The molecule has 19 heavy (non-hydrogen) atoms. The van der Waals surface area contributed by atoms with E-state index in [4.69, 9.17) is 10.5 Å².